The van der Waals surface area contributed by atoms with Crippen molar-refractivity contribution < 1.29 is 19.0 Å². The zero-order valence-electron chi connectivity index (χ0n) is 16.3. The highest BCUT2D eigenvalue weighted by molar-refractivity contribution is 9.10. The topological polar surface area (TPSA) is 56.8 Å². The van der Waals surface area contributed by atoms with Crippen molar-refractivity contribution in [2.75, 3.05) is 19.0 Å². The molecule has 6 heteroatoms. The second-order valence-corrected chi connectivity index (χ2v) is 7.10. The second kappa shape index (κ2) is 9.98. The molecule has 1 amide bonds. The average Bonchev–Trinajstić information content (AvgIpc) is 2.73. The molecule has 3 rings (SSSR count). The minimum atomic E-state index is -0.200. The lowest BCUT2D eigenvalue weighted by Crippen LogP contribution is -2.13. The van der Waals surface area contributed by atoms with Gasteiger partial charge in [0.1, 0.15) is 23.9 Å². The fraction of sp³-hybridized carbons (Fsp3) is 0.174. The number of hydrogen-bond donors (Lipinski definition) is 1. The summed E-state index contributed by atoms with van der Waals surface area (Å²) in [5.74, 6) is 1.88. The largest absolute Gasteiger partial charge is 0.497 e. The lowest BCUT2D eigenvalue weighted by molar-refractivity contribution is 0.102. The van der Waals surface area contributed by atoms with Crippen molar-refractivity contribution in [3.8, 4) is 17.2 Å². The van der Waals surface area contributed by atoms with Crippen molar-refractivity contribution in [2.45, 2.75) is 13.5 Å². The molecule has 3 aromatic rings. The van der Waals surface area contributed by atoms with Gasteiger partial charge in [-0.2, -0.15) is 0 Å². The maximum atomic E-state index is 12.7. The number of rotatable bonds is 8. The van der Waals surface area contributed by atoms with E-state index in [0.717, 1.165) is 15.8 Å². The van der Waals surface area contributed by atoms with Crippen LogP contribution in [0.1, 0.15) is 22.8 Å². The van der Waals surface area contributed by atoms with E-state index in [1.807, 2.05) is 55.5 Å². The lowest BCUT2D eigenvalue weighted by Gasteiger charge is -2.14. The van der Waals surface area contributed by atoms with Crippen molar-refractivity contribution in [2.24, 2.45) is 0 Å². The quantitative estimate of drug-likeness (QED) is 0.474. The summed E-state index contributed by atoms with van der Waals surface area (Å²) >= 11 is 3.41. The summed E-state index contributed by atoms with van der Waals surface area (Å²) < 4.78 is 17.7. The first-order valence-electron chi connectivity index (χ1n) is 9.18. The second-order valence-electron chi connectivity index (χ2n) is 6.19. The fourth-order valence-electron chi connectivity index (χ4n) is 2.75. The summed E-state index contributed by atoms with van der Waals surface area (Å²) in [4.78, 5) is 12.7. The molecule has 0 aliphatic carbocycles. The van der Waals surface area contributed by atoms with Crippen molar-refractivity contribution in [3.63, 3.8) is 0 Å². The van der Waals surface area contributed by atoms with Gasteiger partial charge in [0.2, 0.25) is 0 Å². The van der Waals surface area contributed by atoms with Crippen molar-refractivity contribution in [1.82, 2.24) is 0 Å². The molecule has 0 spiro atoms. The van der Waals surface area contributed by atoms with Crippen LogP contribution in [0, 0.1) is 0 Å². The van der Waals surface area contributed by atoms with Crippen LogP contribution in [0.15, 0.2) is 71.2 Å². The van der Waals surface area contributed by atoms with E-state index in [2.05, 4.69) is 21.2 Å². The molecule has 0 bridgehead atoms. The maximum absolute atomic E-state index is 12.7. The molecule has 0 heterocycles. The molecular formula is C23H22BrNO4. The van der Waals surface area contributed by atoms with E-state index < -0.39 is 0 Å². The van der Waals surface area contributed by atoms with E-state index in [0.29, 0.717) is 29.4 Å². The Morgan fingerprint density at radius 2 is 1.76 bits per heavy atom. The SMILES string of the molecule is CCOc1ccc(C(=O)Nc2cccc(Br)c2)cc1COc1cccc(OC)c1. The van der Waals surface area contributed by atoms with Crippen LogP contribution >= 0.6 is 15.9 Å². The molecule has 5 nitrogen and oxygen atoms in total. The predicted octanol–water partition coefficient (Wildman–Crippen LogP) is 5.69. The number of carbonyl (C=O) groups excluding carboxylic acids is 1. The van der Waals surface area contributed by atoms with E-state index >= 15 is 0 Å². The molecule has 0 atom stereocenters. The van der Waals surface area contributed by atoms with Crippen molar-refractivity contribution >= 4 is 27.5 Å². The Kier molecular flexibility index (Phi) is 7.14. The number of carbonyl (C=O) groups is 1. The Hall–Kier alpha value is -2.99. The Bertz CT molecular complexity index is 990. The first-order valence-corrected chi connectivity index (χ1v) is 9.98. The van der Waals surface area contributed by atoms with Gasteiger partial charge in [-0.1, -0.05) is 28.1 Å². The third kappa shape index (κ3) is 5.74. The molecule has 3 aromatic carbocycles. The van der Waals surface area contributed by atoms with E-state index in [-0.39, 0.29) is 12.5 Å². The molecule has 29 heavy (non-hydrogen) atoms. The first-order chi connectivity index (χ1) is 14.1. The van der Waals surface area contributed by atoms with Gasteiger partial charge in [0.25, 0.3) is 5.91 Å². The lowest BCUT2D eigenvalue weighted by atomic mass is 10.1. The number of ether oxygens (including phenoxy) is 3. The van der Waals surface area contributed by atoms with Gasteiger partial charge in [-0.15, -0.1) is 0 Å². The summed E-state index contributed by atoms with van der Waals surface area (Å²) in [6.07, 6.45) is 0. The number of benzene rings is 3. The van der Waals surface area contributed by atoms with Gasteiger partial charge >= 0.3 is 0 Å². The minimum absolute atomic E-state index is 0.200. The summed E-state index contributed by atoms with van der Waals surface area (Å²) in [5.41, 5.74) is 2.03. The molecule has 0 unspecified atom stereocenters. The number of methoxy groups -OCH3 is 1. The Morgan fingerprint density at radius 3 is 2.52 bits per heavy atom. The molecule has 0 fully saturated rings. The normalized spacial score (nSPS) is 10.3. The van der Waals surface area contributed by atoms with Gasteiger partial charge in [-0.25, -0.2) is 0 Å². The Labute approximate surface area is 178 Å². The van der Waals surface area contributed by atoms with Crippen LogP contribution in [0.3, 0.4) is 0 Å². The zero-order chi connectivity index (χ0) is 20.6. The third-order valence-corrected chi connectivity index (χ3v) is 4.63. The van der Waals surface area contributed by atoms with E-state index in [1.165, 1.54) is 0 Å². The van der Waals surface area contributed by atoms with Gasteiger partial charge in [-0.05, 0) is 55.5 Å². The number of nitrogens with one attached hydrogen (secondary N) is 1. The van der Waals surface area contributed by atoms with Gasteiger partial charge in [0.15, 0.2) is 0 Å². The van der Waals surface area contributed by atoms with Crippen LogP contribution in [0.5, 0.6) is 17.2 Å². The first kappa shape index (κ1) is 20.7. The average molecular weight is 456 g/mol. The molecular weight excluding hydrogens is 434 g/mol. The maximum Gasteiger partial charge on any atom is 0.255 e. The highest BCUT2D eigenvalue weighted by atomic mass is 79.9. The van der Waals surface area contributed by atoms with E-state index in [9.17, 15) is 4.79 Å². The van der Waals surface area contributed by atoms with Gasteiger partial charge in [0, 0.05) is 27.4 Å². The Morgan fingerprint density at radius 1 is 0.966 bits per heavy atom. The van der Waals surface area contributed by atoms with Crippen molar-refractivity contribution in [1.29, 1.82) is 0 Å². The number of anilines is 1. The smallest absolute Gasteiger partial charge is 0.255 e. The molecule has 0 aliphatic rings. The molecule has 0 radical (unpaired) electrons. The van der Waals surface area contributed by atoms with Crippen LogP contribution in [-0.2, 0) is 6.61 Å². The van der Waals surface area contributed by atoms with Crippen LogP contribution in [0.25, 0.3) is 0 Å². The van der Waals surface area contributed by atoms with Gasteiger partial charge in [0.05, 0.1) is 13.7 Å². The molecule has 1 N–H and O–H groups in total. The van der Waals surface area contributed by atoms with E-state index in [1.54, 1.807) is 25.3 Å². The number of hydrogen-bond acceptors (Lipinski definition) is 4. The zero-order valence-corrected chi connectivity index (χ0v) is 17.9. The summed E-state index contributed by atoms with van der Waals surface area (Å²) in [7, 11) is 1.61. The third-order valence-electron chi connectivity index (χ3n) is 4.14. The van der Waals surface area contributed by atoms with Crippen LogP contribution in [-0.4, -0.2) is 19.6 Å². The fourth-order valence-corrected chi connectivity index (χ4v) is 3.15. The van der Waals surface area contributed by atoms with Crippen molar-refractivity contribution in [3.05, 3.63) is 82.3 Å². The predicted molar refractivity (Wildman–Crippen MR) is 117 cm³/mol. The number of halogens is 1. The van der Waals surface area contributed by atoms with Crippen LogP contribution in [0.2, 0.25) is 0 Å². The van der Waals surface area contributed by atoms with E-state index in [4.69, 9.17) is 14.2 Å². The minimum Gasteiger partial charge on any atom is -0.497 e. The standard InChI is InChI=1S/C23H22BrNO4/c1-3-28-22-11-10-16(23(26)25-19-7-4-6-18(24)13-19)12-17(22)15-29-21-9-5-8-20(14-21)27-2/h4-14H,3,15H2,1-2H3,(H,25,26). The highest BCUT2D eigenvalue weighted by Gasteiger charge is 2.12. The van der Waals surface area contributed by atoms with Crippen LogP contribution in [0.4, 0.5) is 5.69 Å². The van der Waals surface area contributed by atoms with Gasteiger partial charge in [-0.3, -0.25) is 4.79 Å². The molecule has 150 valence electrons. The summed E-state index contributed by atoms with van der Waals surface area (Å²) in [5, 5.41) is 2.90. The molecule has 0 aromatic heterocycles. The highest BCUT2D eigenvalue weighted by Crippen LogP contribution is 2.25. The molecule has 0 saturated carbocycles. The monoisotopic (exact) mass is 455 g/mol. The molecule has 0 aliphatic heterocycles. The summed E-state index contributed by atoms with van der Waals surface area (Å²) in [6.45, 7) is 2.71. The number of amides is 1. The van der Waals surface area contributed by atoms with Crippen LogP contribution < -0.4 is 19.5 Å². The Balaban J connectivity index is 1.78. The molecule has 0 saturated heterocycles. The van der Waals surface area contributed by atoms with Gasteiger partial charge < -0.3 is 19.5 Å². The summed E-state index contributed by atoms with van der Waals surface area (Å²) in [6, 6.07) is 20.2.